The Balaban J connectivity index is 2.19. The van der Waals surface area contributed by atoms with Crippen molar-refractivity contribution in [2.45, 2.75) is 19.3 Å². The van der Waals surface area contributed by atoms with E-state index in [-0.39, 0.29) is 24.8 Å². The molecule has 1 aliphatic heterocycles. The van der Waals surface area contributed by atoms with Crippen LogP contribution < -0.4 is 4.72 Å². The minimum absolute atomic E-state index is 0.0938. The highest BCUT2D eigenvalue weighted by Gasteiger charge is 2.18. The van der Waals surface area contributed by atoms with Gasteiger partial charge in [-0.25, -0.2) is 13.1 Å². The number of carbonyl (C=O) groups excluding carboxylic acids is 1. The van der Waals surface area contributed by atoms with Gasteiger partial charge in [-0.05, 0) is 19.3 Å². The predicted molar refractivity (Wildman–Crippen MR) is 74.9 cm³/mol. The molecule has 1 amide bonds. The van der Waals surface area contributed by atoms with E-state index in [4.69, 9.17) is 9.47 Å². The molecule has 0 unspecified atom stereocenters. The molecule has 118 valence electrons. The zero-order chi connectivity index (χ0) is 14.8. The molecule has 0 spiro atoms. The second kappa shape index (κ2) is 9.28. The molecule has 0 radical (unpaired) electrons. The van der Waals surface area contributed by atoms with Crippen LogP contribution >= 0.6 is 0 Å². The maximum atomic E-state index is 11.8. The highest BCUT2D eigenvalue weighted by atomic mass is 32.2. The summed E-state index contributed by atoms with van der Waals surface area (Å²) < 4.78 is 35.5. The highest BCUT2D eigenvalue weighted by Crippen LogP contribution is 2.08. The maximum Gasteiger partial charge on any atom is 0.237 e. The molecule has 1 aliphatic rings. The first-order chi connectivity index (χ1) is 9.55. The Morgan fingerprint density at radius 2 is 1.85 bits per heavy atom. The zero-order valence-corrected chi connectivity index (χ0v) is 12.8. The summed E-state index contributed by atoms with van der Waals surface area (Å²) in [5.41, 5.74) is 0. The van der Waals surface area contributed by atoms with Crippen molar-refractivity contribution in [3.05, 3.63) is 0 Å². The number of methoxy groups -OCH3 is 1. The topological polar surface area (TPSA) is 84.9 Å². The van der Waals surface area contributed by atoms with Gasteiger partial charge in [0.15, 0.2) is 0 Å². The fourth-order valence-electron chi connectivity index (χ4n) is 1.91. The van der Waals surface area contributed by atoms with Gasteiger partial charge in [-0.1, -0.05) is 0 Å². The molecule has 0 aromatic heterocycles. The fraction of sp³-hybridized carbons (Fsp3) is 0.917. The SMILES string of the molecule is COCCOCCS(=O)(=O)NCC(=O)N1CCCCC1. The van der Waals surface area contributed by atoms with Gasteiger partial charge >= 0.3 is 0 Å². The van der Waals surface area contributed by atoms with E-state index in [2.05, 4.69) is 4.72 Å². The second-order valence-electron chi connectivity index (χ2n) is 4.69. The summed E-state index contributed by atoms with van der Waals surface area (Å²) >= 11 is 0. The molecule has 0 bridgehead atoms. The van der Waals surface area contributed by atoms with Crippen LogP contribution in [0, 0.1) is 0 Å². The Bertz CT molecular complexity index is 379. The maximum absolute atomic E-state index is 11.8. The van der Waals surface area contributed by atoms with Crippen LogP contribution in [0.1, 0.15) is 19.3 Å². The summed E-state index contributed by atoms with van der Waals surface area (Å²) in [7, 11) is -1.92. The van der Waals surface area contributed by atoms with Crippen LogP contribution in [0.25, 0.3) is 0 Å². The van der Waals surface area contributed by atoms with Crippen molar-refractivity contribution < 1.29 is 22.7 Å². The van der Waals surface area contributed by atoms with Gasteiger partial charge in [0, 0.05) is 20.2 Å². The van der Waals surface area contributed by atoms with Crippen molar-refractivity contribution in [2.24, 2.45) is 0 Å². The molecule has 1 rings (SSSR count). The smallest absolute Gasteiger partial charge is 0.237 e. The van der Waals surface area contributed by atoms with E-state index in [1.807, 2.05) is 0 Å². The van der Waals surface area contributed by atoms with Crippen LogP contribution in [0.2, 0.25) is 0 Å². The Hall–Kier alpha value is -0.700. The van der Waals surface area contributed by atoms with Crippen LogP contribution in [-0.2, 0) is 24.3 Å². The van der Waals surface area contributed by atoms with Crippen LogP contribution in [0.4, 0.5) is 0 Å². The van der Waals surface area contributed by atoms with Gasteiger partial charge in [-0.15, -0.1) is 0 Å². The van der Waals surface area contributed by atoms with Crippen molar-refractivity contribution >= 4 is 15.9 Å². The molecule has 1 N–H and O–H groups in total. The Labute approximate surface area is 120 Å². The largest absolute Gasteiger partial charge is 0.382 e. The number of piperidine rings is 1. The van der Waals surface area contributed by atoms with E-state index in [0.717, 1.165) is 32.4 Å². The monoisotopic (exact) mass is 308 g/mol. The van der Waals surface area contributed by atoms with Crippen molar-refractivity contribution in [3.8, 4) is 0 Å². The number of hydrogen-bond donors (Lipinski definition) is 1. The standard InChI is InChI=1S/C12H24N2O5S/c1-18-7-8-19-9-10-20(16,17)13-11-12(15)14-5-3-2-4-6-14/h13H,2-11H2,1H3. The number of likely N-dealkylation sites (tertiary alicyclic amines) is 1. The Morgan fingerprint density at radius 3 is 2.50 bits per heavy atom. The molecular weight excluding hydrogens is 284 g/mol. The quantitative estimate of drug-likeness (QED) is 0.585. The Kier molecular flexibility index (Phi) is 8.05. The van der Waals surface area contributed by atoms with Crippen molar-refractivity contribution in [3.63, 3.8) is 0 Å². The zero-order valence-electron chi connectivity index (χ0n) is 12.0. The summed E-state index contributed by atoms with van der Waals surface area (Å²) in [4.78, 5) is 13.5. The van der Waals surface area contributed by atoms with E-state index >= 15 is 0 Å². The van der Waals surface area contributed by atoms with Gasteiger partial charge in [0.05, 0.1) is 32.1 Å². The molecular formula is C12H24N2O5S. The lowest BCUT2D eigenvalue weighted by Gasteiger charge is -2.26. The van der Waals surface area contributed by atoms with E-state index in [0.29, 0.717) is 13.2 Å². The van der Waals surface area contributed by atoms with Gasteiger partial charge in [-0.3, -0.25) is 4.79 Å². The van der Waals surface area contributed by atoms with Crippen molar-refractivity contribution in [2.75, 3.05) is 52.3 Å². The molecule has 8 heteroatoms. The normalized spacial score (nSPS) is 16.4. The van der Waals surface area contributed by atoms with Crippen molar-refractivity contribution in [1.82, 2.24) is 9.62 Å². The van der Waals surface area contributed by atoms with Crippen LogP contribution in [0.5, 0.6) is 0 Å². The van der Waals surface area contributed by atoms with Crippen LogP contribution in [0.15, 0.2) is 0 Å². The molecule has 0 saturated carbocycles. The first kappa shape index (κ1) is 17.4. The minimum Gasteiger partial charge on any atom is -0.382 e. The van der Waals surface area contributed by atoms with E-state index < -0.39 is 10.0 Å². The molecule has 20 heavy (non-hydrogen) atoms. The first-order valence-electron chi connectivity index (χ1n) is 6.87. The van der Waals surface area contributed by atoms with E-state index in [1.165, 1.54) is 0 Å². The summed E-state index contributed by atoms with van der Waals surface area (Å²) in [6.45, 7) is 2.16. The number of nitrogens with zero attached hydrogens (tertiary/aromatic N) is 1. The molecule has 1 saturated heterocycles. The van der Waals surface area contributed by atoms with Gasteiger partial charge in [0.25, 0.3) is 0 Å². The molecule has 0 aliphatic carbocycles. The van der Waals surface area contributed by atoms with E-state index in [1.54, 1.807) is 12.0 Å². The highest BCUT2D eigenvalue weighted by molar-refractivity contribution is 7.89. The first-order valence-corrected chi connectivity index (χ1v) is 8.52. The van der Waals surface area contributed by atoms with Crippen LogP contribution in [-0.4, -0.2) is 71.5 Å². The summed E-state index contributed by atoms with van der Waals surface area (Å²) in [6.07, 6.45) is 3.12. The molecule has 0 aromatic rings. The van der Waals surface area contributed by atoms with Crippen LogP contribution in [0.3, 0.4) is 0 Å². The predicted octanol–water partition coefficient (Wildman–Crippen LogP) is -0.419. The number of ether oxygens (including phenoxy) is 2. The molecule has 1 heterocycles. The average molecular weight is 308 g/mol. The number of sulfonamides is 1. The lowest BCUT2D eigenvalue weighted by Crippen LogP contribution is -2.43. The molecule has 1 fully saturated rings. The number of amides is 1. The summed E-state index contributed by atoms with van der Waals surface area (Å²) in [5.74, 6) is -0.308. The molecule has 0 atom stereocenters. The van der Waals surface area contributed by atoms with Gasteiger partial charge in [-0.2, -0.15) is 0 Å². The summed E-state index contributed by atoms with van der Waals surface area (Å²) in [6, 6.07) is 0. The average Bonchev–Trinajstić information content (AvgIpc) is 2.45. The molecule has 0 aromatic carbocycles. The van der Waals surface area contributed by atoms with Crippen molar-refractivity contribution in [1.29, 1.82) is 0 Å². The number of hydrogen-bond acceptors (Lipinski definition) is 5. The second-order valence-corrected chi connectivity index (χ2v) is 6.61. The number of rotatable bonds is 9. The third kappa shape index (κ3) is 7.18. The fourth-order valence-corrected chi connectivity index (χ4v) is 2.74. The number of nitrogens with one attached hydrogen (secondary N) is 1. The Morgan fingerprint density at radius 1 is 1.15 bits per heavy atom. The third-order valence-corrected chi connectivity index (χ3v) is 4.37. The summed E-state index contributed by atoms with van der Waals surface area (Å²) in [5, 5.41) is 0. The number of carbonyl (C=O) groups is 1. The van der Waals surface area contributed by atoms with Gasteiger partial charge in [0.2, 0.25) is 15.9 Å². The third-order valence-electron chi connectivity index (χ3n) is 3.08. The van der Waals surface area contributed by atoms with E-state index in [9.17, 15) is 13.2 Å². The van der Waals surface area contributed by atoms with Gasteiger partial charge < -0.3 is 14.4 Å². The lowest BCUT2D eigenvalue weighted by atomic mass is 10.1. The van der Waals surface area contributed by atoms with Gasteiger partial charge in [0.1, 0.15) is 0 Å². The lowest BCUT2D eigenvalue weighted by molar-refractivity contribution is -0.130. The molecule has 7 nitrogen and oxygen atoms in total. The minimum atomic E-state index is -3.47.